The molecule has 0 aliphatic heterocycles. The fraction of sp³-hybridized carbons (Fsp3) is 0.615. The SMILES string of the molecule is CC(C)C(NC(=O)OC(C)(C)C)c1cc(C(=O)O)n[nH]1. The van der Waals surface area contributed by atoms with Crippen molar-refractivity contribution in [1.29, 1.82) is 0 Å². The number of amides is 1. The van der Waals surface area contributed by atoms with Crippen LogP contribution < -0.4 is 5.32 Å². The number of rotatable bonds is 4. The summed E-state index contributed by atoms with van der Waals surface area (Å²) in [6.07, 6.45) is -0.553. The number of nitrogens with one attached hydrogen (secondary N) is 2. The van der Waals surface area contributed by atoms with Crippen molar-refractivity contribution < 1.29 is 19.4 Å². The zero-order chi connectivity index (χ0) is 15.5. The maximum atomic E-state index is 11.8. The molecule has 0 spiro atoms. The molecule has 0 saturated heterocycles. The Balaban J connectivity index is 2.84. The highest BCUT2D eigenvalue weighted by molar-refractivity contribution is 5.85. The molecule has 7 nitrogen and oxygen atoms in total. The molecule has 1 rings (SSSR count). The molecule has 0 aromatic carbocycles. The van der Waals surface area contributed by atoms with Crippen LogP contribution >= 0.6 is 0 Å². The molecule has 0 fully saturated rings. The van der Waals surface area contributed by atoms with E-state index in [9.17, 15) is 9.59 Å². The molecule has 3 N–H and O–H groups in total. The minimum Gasteiger partial charge on any atom is -0.476 e. The Labute approximate surface area is 117 Å². The molecule has 1 amide bonds. The second kappa shape index (κ2) is 5.94. The molecule has 7 heteroatoms. The molecule has 0 aliphatic rings. The summed E-state index contributed by atoms with van der Waals surface area (Å²) in [6, 6.07) is 1.01. The summed E-state index contributed by atoms with van der Waals surface area (Å²) in [4.78, 5) is 22.6. The zero-order valence-electron chi connectivity index (χ0n) is 12.4. The molecular formula is C13H21N3O4. The predicted molar refractivity (Wildman–Crippen MR) is 72.5 cm³/mol. The van der Waals surface area contributed by atoms with E-state index in [1.54, 1.807) is 20.8 Å². The van der Waals surface area contributed by atoms with Gasteiger partial charge < -0.3 is 15.2 Å². The molecule has 1 aromatic heterocycles. The number of aromatic amines is 1. The van der Waals surface area contributed by atoms with E-state index in [4.69, 9.17) is 9.84 Å². The van der Waals surface area contributed by atoms with Gasteiger partial charge in [0.1, 0.15) is 5.60 Å². The van der Waals surface area contributed by atoms with Crippen LogP contribution in [-0.2, 0) is 4.74 Å². The number of aromatic nitrogens is 2. The molecule has 1 atom stereocenters. The number of alkyl carbamates (subject to hydrolysis) is 1. The number of carbonyl (C=O) groups excluding carboxylic acids is 1. The maximum Gasteiger partial charge on any atom is 0.408 e. The van der Waals surface area contributed by atoms with Crippen molar-refractivity contribution in [3.63, 3.8) is 0 Å². The van der Waals surface area contributed by atoms with Gasteiger partial charge in [-0.05, 0) is 32.8 Å². The first-order chi connectivity index (χ1) is 9.10. The van der Waals surface area contributed by atoms with Crippen molar-refractivity contribution in [3.8, 4) is 0 Å². The zero-order valence-corrected chi connectivity index (χ0v) is 12.4. The Morgan fingerprint density at radius 1 is 1.40 bits per heavy atom. The third-order valence-corrected chi connectivity index (χ3v) is 2.49. The van der Waals surface area contributed by atoms with Gasteiger partial charge in [0.15, 0.2) is 5.69 Å². The summed E-state index contributed by atoms with van der Waals surface area (Å²) >= 11 is 0. The van der Waals surface area contributed by atoms with Crippen LogP contribution in [0.15, 0.2) is 6.07 Å². The van der Waals surface area contributed by atoms with Crippen LogP contribution in [-0.4, -0.2) is 33.0 Å². The molecule has 0 aliphatic carbocycles. The minimum absolute atomic E-state index is 0.0459. The fourth-order valence-corrected chi connectivity index (χ4v) is 1.64. The number of carboxylic acids is 1. The average Bonchev–Trinajstić information content (AvgIpc) is 2.71. The lowest BCUT2D eigenvalue weighted by Crippen LogP contribution is -2.37. The molecule has 1 unspecified atom stereocenters. The van der Waals surface area contributed by atoms with Crippen LogP contribution in [0.4, 0.5) is 4.79 Å². The quantitative estimate of drug-likeness (QED) is 0.786. The van der Waals surface area contributed by atoms with Gasteiger partial charge >= 0.3 is 12.1 Å². The molecule has 0 saturated carbocycles. The van der Waals surface area contributed by atoms with Gasteiger partial charge in [-0.25, -0.2) is 9.59 Å². The highest BCUT2D eigenvalue weighted by Gasteiger charge is 2.24. The summed E-state index contributed by atoms with van der Waals surface area (Å²) < 4.78 is 5.19. The van der Waals surface area contributed by atoms with E-state index in [0.29, 0.717) is 5.69 Å². The van der Waals surface area contributed by atoms with Gasteiger partial charge in [-0.3, -0.25) is 5.10 Å². The lowest BCUT2D eigenvalue weighted by atomic mass is 10.0. The van der Waals surface area contributed by atoms with Crippen LogP contribution in [0.2, 0.25) is 0 Å². The second-order valence-corrected chi connectivity index (χ2v) is 5.88. The minimum atomic E-state index is -1.12. The van der Waals surface area contributed by atoms with Crippen molar-refractivity contribution in [2.75, 3.05) is 0 Å². The van der Waals surface area contributed by atoms with Crippen molar-refractivity contribution in [2.45, 2.75) is 46.3 Å². The molecule has 1 aromatic rings. The summed E-state index contributed by atoms with van der Waals surface area (Å²) in [7, 11) is 0. The third-order valence-electron chi connectivity index (χ3n) is 2.49. The molecule has 0 bridgehead atoms. The van der Waals surface area contributed by atoms with Crippen molar-refractivity contribution in [2.24, 2.45) is 5.92 Å². The van der Waals surface area contributed by atoms with E-state index in [2.05, 4.69) is 15.5 Å². The van der Waals surface area contributed by atoms with Gasteiger partial charge in [0, 0.05) is 0 Å². The standard InChI is InChI=1S/C13H21N3O4/c1-7(2)10(14-12(19)20-13(3,4)5)8-6-9(11(17)18)16-15-8/h6-7,10H,1-5H3,(H,14,19)(H,15,16)(H,17,18). The molecule has 1 heterocycles. The molecular weight excluding hydrogens is 262 g/mol. The normalized spacial score (nSPS) is 13.1. The van der Waals surface area contributed by atoms with Crippen LogP contribution in [0.3, 0.4) is 0 Å². The van der Waals surface area contributed by atoms with E-state index in [-0.39, 0.29) is 11.6 Å². The van der Waals surface area contributed by atoms with Gasteiger partial charge in [-0.2, -0.15) is 5.10 Å². The van der Waals surface area contributed by atoms with E-state index in [1.807, 2.05) is 13.8 Å². The number of hydrogen-bond acceptors (Lipinski definition) is 4. The highest BCUT2D eigenvalue weighted by Crippen LogP contribution is 2.21. The maximum absolute atomic E-state index is 11.8. The van der Waals surface area contributed by atoms with E-state index in [0.717, 1.165) is 0 Å². The van der Waals surface area contributed by atoms with Crippen molar-refractivity contribution in [1.82, 2.24) is 15.5 Å². The highest BCUT2D eigenvalue weighted by atomic mass is 16.6. The monoisotopic (exact) mass is 283 g/mol. The molecule has 112 valence electrons. The number of ether oxygens (including phenoxy) is 1. The summed E-state index contributed by atoms with van der Waals surface area (Å²) in [5.41, 5.74) is -0.147. The van der Waals surface area contributed by atoms with Crippen LogP contribution in [0, 0.1) is 5.92 Å². The summed E-state index contributed by atoms with van der Waals surface area (Å²) in [5, 5.41) is 17.9. The van der Waals surface area contributed by atoms with Gasteiger partial charge in [0.25, 0.3) is 0 Å². The van der Waals surface area contributed by atoms with Crippen LogP contribution in [0.25, 0.3) is 0 Å². The Bertz CT molecular complexity index is 488. The number of carboxylic acid groups (broad SMARTS) is 1. The Morgan fingerprint density at radius 3 is 2.40 bits per heavy atom. The van der Waals surface area contributed by atoms with Crippen LogP contribution in [0.1, 0.15) is 56.8 Å². The largest absolute Gasteiger partial charge is 0.476 e. The topological polar surface area (TPSA) is 104 Å². The van der Waals surface area contributed by atoms with Gasteiger partial charge in [-0.1, -0.05) is 13.8 Å². The van der Waals surface area contributed by atoms with Gasteiger partial charge in [0.05, 0.1) is 11.7 Å². The Kier molecular flexibility index (Phi) is 4.75. The number of aromatic carboxylic acids is 1. The average molecular weight is 283 g/mol. The van der Waals surface area contributed by atoms with E-state index < -0.39 is 23.7 Å². The van der Waals surface area contributed by atoms with Crippen molar-refractivity contribution >= 4 is 12.1 Å². The predicted octanol–water partition coefficient (Wildman–Crippen LogP) is 2.33. The lowest BCUT2D eigenvalue weighted by Gasteiger charge is -2.25. The molecule has 20 heavy (non-hydrogen) atoms. The summed E-state index contributed by atoms with van der Waals surface area (Å²) in [6.45, 7) is 9.13. The van der Waals surface area contributed by atoms with Gasteiger partial charge in [0.2, 0.25) is 0 Å². The van der Waals surface area contributed by atoms with Crippen LogP contribution in [0.5, 0.6) is 0 Å². The Hall–Kier alpha value is -2.05. The van der Waals surface area contributed by atoms with E-state index >= 15 is 0 Å². The number of carbonyl (C=O) groups is 2. The smallest absolute Gasteiger partial charge is 0.408 e. The van der Waals surface area contributed by atoms with E-state index in [1.165, 1.54) is 6.07 Å². The first kappa shape index (κ1) is 16.0. The number of hydrogen-bond donors (Lipinski definition) is 3. The summed E-state index contributed by atoms with van der Waals surface area (Å²) in [5.74, 6) is -1.07. The van der Waals surface area contributed by atoms with Crippen molar-refractivity contribution in [3.05, 3.63) is 17.5 Å². The third kappa shape index (κ3) is 4.56. The second-order valence-electron chi connectivity index (χ2n) is 5.88. The first-order valence-corrected chi connectivity index (χ1v) is 6.38. The molecule has 0 radical (unpaired) electrons. The Morgan fingerprint density at radius 2 is 2.00 bits per heavy atom. The first-order valence-electron chi connectivity index (χ1n) is 6.38. The number of nitrogens with zero attached hydrogens (tertiary/aromatic N) is 1. The fourth-order valence-electron chi connectivity index (χ4n) is 1.64. The number of H-pyrrole nitrogens is 1. The lowest BCUT2D eigenvalue weighted by molar-refractivity contribution is 0.0487. The van der Waals surface area contributed by atoms with Gasteiger partial charge in [-0.15, -0.1) is 0 Å².